The van der Waals surface area contributed by atoms with Gasteiger partial charge in [0.2, 0.25) is 11.9 Å². The van der Waals surface area contributed by atoms with Crippen molar-refractivity contribution >= 4 is 23.9 Å². The van der Waals surface area contributed by atoms with Crippen LogP contribution in [0.25, 0.3) is 11.4 Å². The van der Waals surface area contributed by atoms with Gasteiger partial charge in [0.05, 0.1) is 0 Å². The Kier molecular flexibility index (Phi) is 3.84. The van der Waals surface area contributed by atoms with Crippen LogP contribution in [0.1, 0.15) is 10.4 Å². The van der Waals surface area contributed by atoms with Crippen LogP contribution in [-0.2, 0) is 0 Å². The van der Waals surface area contributed by atoms with E-state index in [1.54, 1.807) is 48.5 Å². The average Bonchev–Trinajstić information content (AvgIpc) is 2.56. The van der Waals surface area contributed by atoms with Crippen molar-refractivity contribution in [1.29, 1.82) is 0 Å². The van der Waals surface area contributed by atoms with Crippen molar-refractivity contribution in [3.8, 4) is 17.1 Å². The number of carbonyl (C=O) groups is 1. The van der Waals surface area contributed by atoms with E-state index < -0.39 is 0 Å². The fourth-order valence-corrected chi connectivity index (χ4v) is 1.96. The fraction of sp³-hybridized carbons (Fsp3) is 0. The molecule has 0 aliphatic rings. The second-order valence-electron chi connectivity index (χ2n) is 4.75. The van der Waals surface area contributed by atoms with Gasteiger partial charge in [-0.2, -0.15) is 15.0 Å². The van der Waals surface area contributed by atoms with Crippen LogP contribution < -0.4 is 11.1 Å². The lowest BCUT2D eigenvalue weighted by Gasteiger charge is -2.07. The van der Waals surface area contributed by atoms with Gasteiger partial charge in [0, 0.05) is 16.8 Å². The first-order chi connectivity index (χ1) is 11.1. The van der Waals surface area contributed by atoms with Crippen LogP contribution in [0.4, 0.5) is 17.6 Å². The van der Waals surface area contributed by atoms with Crippen molar-refractivity contribution in [2.24, 2.45) is 0 Å². The molecule has 114 valence electrons. The zero-order chi connectivity index (χ0) is 16.2. The molecule has 1 heterocycles. The van der Waals surface area contributed by atoms with E-state index in [4.69, 9.17) is 5.73 Å². The smallest absolute Gasteiger partial charge is 0.232 e. The molecule has 7 nitrogen and oxygen atoms in total. The molecule has 7 heteroatoms. The van der Waals surface area contributed by atoms with Crippen LogP contribution in [0.5, 0.6) is 5.75 Å². The second kappa shape index (κ2) is 6.10. The molecule has 4 N–H and O–H groups in total. The maximum Gasteiger partial charge on any atom is 0.232 e. The maximum atomic E-state index is 10.7. The number of hydrogen-bond acceptors (Lipinski definition) is 7. The maximum absolute atomic E-state index is 10.7. The first-order valence-electron chi connectivity index (χ1n) is 6.77. The van der Waals surface area contributed by atoms with Crippen LogP contribution in [0, 0.1) is 0 Å². The number of phenolic OH excluding ortho intramolecular Hbond substituents is 1. The Labute approximate surface area is 131 Å². The molecule has 0 fully saturated rings. The van der Waals surface area contributed by atoms with E-state index in [0.717, 1.165) is 11.8 Å². The summed E-state index contributed by atoms with van der Waals surface area (Å²) in [6.07, 6.45) is 0.767. The van der Waals surface area contributed by atoms with Crippen molar-refractivity contribution in [3.05, 3.63) is 54.1 Å². The number of nitrogens with two attached hydrogens (primary N) is 1. The largest absolute Gasteiger partial charge is 0.508 e. The van der Waals surface area contributed by atoms with Crippen molar-refractivity contribution in [1.82, 2.24) is 15.0 Å². The summed E-state index contributed by atoms with van der Waals surface area (Å²) in [6, 6.07) is 13.3. The summed E-state index contributed by atoms with van der Waals surface area (Å²) in [5, 5.41) is 12.3. The lowest BCUT2D eigenvalue weighted by Crippen LogP contribution is -2.05. The number of benzene rings is 2. The topological polar surface area (TPSA) is 114 Å². The summed E-state index contributed by atoms with van der Waals surface area (Å²) in [4.78, 5) is 23.2. The number of aromatic nitrogens is 3. The lowest BCUT2D eigenvalue weighted by molar-refractivity contribution is 0.112. The summed E-state index contributed by atoms with van der Waals surface area (Å²) in [7, 11) is 0. The molecule has 0 saturated carbocycles. The van der Waals surface area contributed by atoms with Crippen LogP contribution in [0.15, 0.2) is 48.5 Å². The van der Waals surface area contributed by atoms with E-state index in [2.05, 4.69) is 20.3 Å². The Morgan fingerprint density at radius 3 is 2.30 bits per heavy atom. The normalized spacial score (nSPS) is 10.3. The van der Waals surface area contributed by atoms with E-state index >= 15 is 0 Å². The van der Waals surface area contributed by atoms with Crippen molar-refractivity contribution in [2.45, 2.75) is 0 Å². The molecule has 23 heavy (non-hydrogen) atoms. The first-order valence-corrected chi connectivity index (χ1v) is 6.77. The zero-order valence-corrected chi connectivity index (χ0v) is 12.0. The number of phenols is 1. The molecule has 0 aliphatic heterocycles. The number of nitrogen functional groups attached to an aromatic ring is 1. The number of aldehydes is 1. The summed E-state index contributed by atoms with van der Waals surface area (Å²) in [5.74, 6) is 0.936. The second-order valence-corrected chi connectivity index (χ2v) is 4.75. The van der Waals surface area contributed by atoms with E-state index in [1.807, 2.05) is 0 Å². The van der Waals surface area contributed by atoms with Gasteiger partial charge in [0.1, 0.15) is 12.0 Å². The van der Waals surface area contributed by atoms with Crippen molar-refractivity contribution in [3.63, 3.8) is 0 Å². The lowest BCUT2D eigenvalue weighted by atomic mass is 10.1. The number of hydrogen-bond donors (Lipinski definition) is 3. The van der Waals surface area contributed by atoms with Gasteiger partial charge in [-0.05, 0) is 24.3 Å². The quantitative estimate of drug-likeness (QED) is 0.501. The van der Waals surface area contributed by atoms with Gasteiger partial charge < -0.3 is 16.2 Å². The summed E-state index contributed by atoms with van der Waals surface area (Å²) >= 11 is 0. The third-order valence-electron chi connectivity index (χ3n) is 3.08. The summed E-state index contributed by atoms with van der Waals surface area (Å²) in [6.45, 7) is 0. The Balaban J connectivity index is 1.91. The molecular formula is C16H13N5O2. The number of anilines is 3. The van der Waals surface area contributed by atoms with Gasteiger partial charge in [-0.3, -0.25) is 4.79 Å². The molecule has 0 atom stereocenters. The number of aromatic hydroxyl groups is 1. The van der Waals surface area contributed by atoms with Crippen molar-refractivity contribution < 1.29 is 9.90 Å². The van der Waals surface area contributed by atoms with Gasteiger partial charge in [0.15, 0.2) is 5.82 Å². The minimum absolute atomic E-state index is 0.0794. The predicted molar refractivity (Wildman–Crippen MR) is 86.5 cm³/mol. The van der Waals surface area contributed by atoms with Crippen LogP contribution in [0.2, 0.25) is 0 Å². The van der Waals surface area contributed by atoms with Gasteiger partial charge in [-0.25, -0.2) is 0 Å². The average molecular weight is 307 g/mol. The molecule has 0 spiro atoms. The molecule has 0 saturated heterocycles. The van der Waals surface area contributed by atoms with Gasteiger partial charge >= 0.3 is 0 Å². The van der Waals surface area contributed by atoms with E-state index in [0.29, 0.717) is 17.1 Å². The molecule has 0 bridgehead atoms. The van der Waals surface area contributed by atoms with Crippen molar-refractivity contribution in [2.75, 3.05) is 11.1 Å². The minimum atomic E-state index is 0.0794. The van der Waals surface area contributed by atoms with Gasteiger partial charge in [0.25, 0.3) is 0 Å². The molecular weight excluding hydrogens is 294 g/mol. The molecule has 1 aromatic heterocycles. The third kappa shape index (κ3) is 3.41. The monoisotopic (exact) mass is 307 g/mol. The highest BCUT2D eigenvalue weighted by atomic mass is 16.3. The number of carbonyl (C=O) groups excluding carboxylic acids is 1. The molecule has 0 amide bonds. The van der Waals surface area contributed by atoms with E-state index in [1.165, 1.54) is 0 Å². The highest BCUT2D eigenvalue weighted by Crippen LogP contribution is 2.20. The Bertz CT molecular complexity index is 832. The highest BCUT2D eigenvalue weighted by molar-refractivity contribution is 5.76. The molecule has 0 aliphatic carbocycles. The third-order valence-corrected chi connectivity index (χ3v) is 3.08. The van der Waals surface area contributed by atoms with E-state index in [9.17, 15) is 9.90 Å². The Morgan fingerprint density at radius 1 is 0.957 bits per heavy atom. The zero-order valence-electron chi connectivity index (χ0n) is 12.0. The SMILES string of the molecule is Nc1nc(Nc2ccc(O)cc2)nc(-c2ccc(C=O)cc2)n1. The molecule has 3 aromatic rings. The first kappa shape index (κ1) is 14.5. The highest BCUT2D eigenvalue weighted by Gasteiger charge is 2.07. The standard InChI is InChI=1S/C16H13N5O2/c17-15-19-14(11-3-1-10(9-22)2-4-11)20-16(21-15)18-12-5-7-13(23)8-6-12/h1-9,23H,(H3,17,18,19,20,21). The molecule has 0 unspecified atom stereocenters. The van der Waals surface area contributed by atoms with Crippen LogP contribution in [-0.4, -0.2) is 26.3 Å². The van der Waals surface area contributed by atoms with Crippen LogP contribution in [0.3, 0.4) is 0 Å². The summed E-state index contributed by atoms with van der Waals surface area (Å²) < 4.78 is 0. The molecule has 2 aromatic carbocycles. The number of rotatable bonds is 4. The summed E-state index contributed by atoms with van der Waals surface area (Å²) in [5.41, 5.74) is 7.73. The fourth-order valence-electron chi connectivity index (χ4n) is 1.96. The minimum Gasteiger partial charge on any atom is -0.508 e. The molecule has 0 radical (unpaired) electrons. The van der Waals surface area contributed by atoms with Gasteiger partial charge in [-0.15, -0.1) is 0 Å². The number of nitrogens with zero attached hydrogens (tertiary/aromatic N) is 3. The predicted octanol–water partition coefficient (Wildman–Crippen LogP) is 2.38. The van der Waals surface area contributed by atoms with E-state index in [-0.39, 0.29) is 17.6 Å². The Hall–Kier alpha value is -3.48. The van der Waals surface area contributed by atoms with Gasteiger partial charge in [-0.1, -0.05) is 24.3 Å². The van der Waals surface area contributed by atoms with Crippen LogP contribution >= 0.6 is 0 Å². The number of nitrogens with one attached hydrogen (secondary N) is 1. The Morgan fingerprint density at radius 2 is 1.65 bits per heavy atom. The molecule has 3 rings (SSSR count).